The molecule has 0 saturated carbocycles. The number of hydrogen-bond acceptors (Lipinski definition) is 2. The zero-order valence-electron chi connectivity index (χ0n) is 9.80. The number of nitrogens with zero attached hydrogens (tertiary/aromatic N) is 1. The minimum atomic E-state index is 0.191. The van der Waals surface area contributed by atoms with Gasteiger partial charge in [0.25, 0.3) is 0 Å². The lowest BCUT2D eigenvalue weighted by Crippen LogP contribution is -2.63. The minimum absolute atomic E-state index is 0.191. The molecule has 1 saturated heterocycles. The van der Waals surface area contributed by atoms with Crippen LogP contribution in [0.4, 0.5) is 0 Å². The molecule has 0 bridgehead atoms. The fourth-order valence-corrected chi connectivity index (χ4v) is 2.08. The lowest BCUT2D eigenvalue weighted by atomic mass is 9.96. The van der Waals surface area contributed by atoms with Crippen molar-refractivity contribution in [3.05, 3.63) is 0 Å². The van der Waals surface area contributed by atoms with E-state index in [1.54, 1.807) is 0 Å². The van der Waals surface area contributed by atoms with E-state index in [9.17, 15) is 0 Å². The summed E-state index contributed by atoms with van der Waals surface area (Å²) in [5, 5.41) is 3.56. The van der Waals surface area contributed by atoms with Gasteiger partial charge in [-0.15, -0.1) is 6.42 Å². The topological polar surface area (TPSA) is 15.3 Å². The third kappa shape index (κ3) is 2.50. The van der Waals surface area contributed by atoms with Gasteiger partial charge >= 0.3 is 0 Å². The van der Waals surface area contributed by atoms with Crippen molar-refractivity contribution in [2.45, 2.75) is 51.7 Å². The Balaban J connectivity index is 2.71. The second kappa shape index (κ2) is 4.33. The molecule has 0 aromatic rings. The van der Waals surface area contributed by atoms with Crippen LogP contribution in [-0.2, 0) is 0 Å². The Bertz CT molecular complexity index is 227. The molecular weight excluding hydrogens is 172 g/mol. The molecule has 1 aliphatic heterocycles. The Kier molecular flexibility index (Phi) is 3.58. The molecule has 1 heterocycles. The largest absolute Gasteiger partial charge is 0.309 e. The van der Waals surface area contributed by atoms with E-state index in [-0.39, 0.29) is 11.6 Å². The van der Waals surface area contributed by atoms with Gasteiger partial charge in [0.1, 0.15) is 0 Å². The summed E-state index contributed by atoms with van der Waals surface area (Å²) in [6.45, 7) is 10.9. The van der Waals surface area contributed by atoms with Crippen molar-refractivity contribution in [3.63, 3.8) is 0 Å². The smallest absolute Gasteiger partial charge is 0.0686 e. The van der Waals surface area contributed by atoms with E-state index in [0.717, 1.165) is 19.5 Å². The van der Waals surface area contributed by atoms with Gasteiger partial charge in [-0.1, -0.05) is 12.8 Å². The van der Waals surface area contributed by atoms with Gasteiger partial charge < -0.3 is 5.32 Å². The molecule has 0 spiro atoms. The van der Waals surface area contributed by atoms with Gasteiger partial charge in [-0.3, -0.25) is 4.90 Å². The Morgan fingerprint density at radius 2 is 2.29 bits per heavy atom. The summed E-state index contributed by atoms with van der Waals surface area (Å²) in [6, 6.07) is 0.843. The molecular formula is C12H22N2. The molecule has 2 atom stereocenters. The molecule has 1 fully saturated rings. The average Bonchev–Trinajstić information content (AvgIpc) is 2.15. The lowest BCUT2D eigenvalue weighted by Gasteiger charge is -2.46. The predicted molar refractivity (Wildman–Crippen MR) is 61.2 cm³/mol. The molecule has 0 amide bonds. The van der Waals surface area contributed by atoms with Crippen LogP contribution in [0.1, 0.15) is 34.1 Å². The SMILES string of the molecule is C#CC(C)N1CC(C)(C)NCC1CC. The predicted octanol–water partition coefficient (Wildman–Crippen LogP) is 1.47. The third-order valence-corrected chi connectivity index (χ3v) is 3.07. The summed E-state index contributed by atoms with van der Waals surface area (Å²) in [6.07, 6.45) is 6.66. The number of terminal acetylenes is 1. The van der Waals surface area contributed by atoms with Gasteiger partial charge in [0, 0.05) is 24.7 Å². The Labute approximate surface area is 88.1 Å². The monoisotopic (exact) mass is 194 g/mol. The molecule has 0 aromatic carbocycles. The molecule has 80 valence electrons. The van der Waals surface area contributed by atoms with Gasteiger partial charge in [-0.05, 0) is 27.2 Å². The summed E-state index contributed by atoms with van der Waals surface area (Å²) in [4.78, 5) is 2.44. The summed E-state index contributed by atoms with van der Waals surface area (Å²) < 4.78 is 0. The standard InChI is InChI=1S/C12H22N2/c1-6-10(3)14-9-12(4,5)13-8-11(14)7-2/h1,10-11,13H,7-9H2,2-5H3. The Hall–Kier alpha value is -0.520. The first-order valence-electron chi connectivity index (χ1n) is 5.47. The van der Waals surface area contributed by atoms with Gasteiger partial charge in [-0.2, -0.15) is 0 Å². The van der Waals surface area contributed by atoms with Crippen LogP contribution in [0.5, 0.6) is 0 Å². The molecule has 1 N–H and O–H groups in total. The Morgan fingerprint density at radius 1 is 1.64 bits per heavy atom. The van der Waals surface area contributed by atoms with Crippen molar-refractivity contribution in [3.8, 4) is 12.3 Å². The maximum Gasteiger partial charge on any atom is 0.0686 e. The molecule has 2 unspecified atom stereocenters. The second-order valence-electron chi connectivity index (χ2n) is 4.84. The van der Waals surface area contributed by atoms with E-state index in [1.165, 1.54) is 0 Å². The first-order chi connectivity index (χ1) is 6.50. The summed E-state index contributed by atoms with van der Waals surface area (Å²) in [7, 11) is 0. The van der Waals surface area contributed by atoms with Crippen molar-refractivity contribution in [1.29, 1.82) is 0 Å². The first-order valence-corrected chi connectivity index (χ1v) is 5.47. The molecule has 0 aromatic heterocycles. The molecule has 2 nitrogen and oxygen atoms in total. The van der Waals surface area contributed by atoms with E-state index >= 15 is 0 Å². The second-order valence-corrected chi connectivity index (χ2v) is 4.84. The van der Waals surface area contributed by atoms with Gasteiger partial charge in [0.05, 0.1) is 6.04 Å². The van der Waals surface area contributed by atoms with E-state index in [4.69, 9.17) is 6.42 Å². The normalized spacial score (nSPS) is 29.5. The van der Waals surface area contributed by atoms with Crippen molar-refractivity contribution < 1.29 is 0 Å². The Morgan fingerprint density at radius 3 is 2.79 bits per heavy atom. The lowest BCUT2D eigenvalue weighted by molar-refractivity contribution is 0.0777. The van der Waals surface area contributed by atoms with E-state index < -0.39 is 0 Å². The van der Waals surface area contributed by atoms with Crippen LogP contribution >= 0.6 is 0 Å². The summed E-state index contributed by atoms with van der Waals surface area (Å²) in [5.74, 6) is 2.83. The van der Waals surface area contributed by atoms with Crippen LogP contribution in [-0.4, -0.2) is 35.6 Å². The van der Waals surface area contributed by atoms with E-state index in [2.05, 4.69) is 43.8 Å². The highest BCUT2D eigenvalue weighted by molar-refractivity contribution is 5.03. The van der Waals surface area contributed by atoms with Crippen molar-refractivity contribution in [1.82, 2.24) is 10.2 Å². The molecule has 14 heavy (non-hydrogen) atoms. The van der Waals surface area contributed by atoms with Crippen molar-refractivity contribution >= 4 is 0 Å². The fraction of sp³-hybridized carbons (Fsp3) is 0.833. The van der Waals surface area contributed by atoms with Gasteiger partial charge in [-0.25, -0.2) is 0 Å². The number of hydrogen-bond donors (Lipinski definition) is 1. The number of piperazine rings is 1. The summed E-state index contributed by atoms with van der Waals surface area (Å²) in [5.41, 5.74) is 0.191. The molecule has 2 heteroatoms. The maximum absolute atomic E-state index is 5.50. The fourth-order valence-electron chi connectivity index (χ4n) is 2.08. The van der Waals surface area contributed by atoms with Gasteiger partial charge in [0.15, 0.2) is 0 Å². The number of nitrogens with one attached hydrogen (secondary N) is 1. The third-order valence-electron chi connectivity index (χ3n) is 3.07. The van der Waals surface area contributed by atoms with Crippen LogP contribution in [0.25, 0.3) is 0 Å². The minimum Gasteiger partial charge on any atom is -0.309 e. The number of rotatable bonds is 2. The van der Waals surface area contributed by atoms with Gasteiger partial charge in [0.2, 0.25) is 0 Å². The quantitative estimate of drug-likeness (QED) is 0.670. The molecule has 1 rings (SSSR count). The maximum atomic E-state index is 5.50. The highest BCUT2D eigenvalue weighted by atomic mass is 15.3. The summed E-state index contributed by atoms with van der Waals surface area (Å²) >= 11 is 0. The van der Waals surface area contributed by atoms with Crippen molar-refractivity contribution in [2.24, 2.45) is 0 Å². The zero-order chi connectivity index (χ0) is 10.8. The van der Waals surface area contributed by atoms with E-state index in [0.29, 0.717) is 6.04 Å². The molecule has 0 aliphatic carbocycles. The molecule has 0 radical (unpaired) electrons. The molecule has 1 aliphatic rings. The van der Waals surface area contributed by atoms with E-state index in [1.807, 2.05) is 0 Å². The zero-order valence-corrected chi connectivity index (χ0v) is 9.80. The highest BCUT2D eigenvalue weighted by Gasteiger charge is 2.33. The highest BCUT2D eigenvalue weighted by Crippen LogP contribution is 2.19. The van der Waals surface area contributed by atoms with Crippen molar-refractivity contribution in [2.75, 3.05) is 13.1 Å². The van der Waals surface area contributed by atoms with Crippen LogP contribution in [0, 0.1) is 12.3 Å². The van der Waals surface area contributed by atoms with Crippen LogP contribution in [0.3, 0.4) is 0 Å². The first kappa shape index (κ1) is 11.6. The van der Waals surface area contributed by atoms with Crippen LogP contribution in [0.2, 0.25) is 0 Å². The average molecular weight is 194 g/mol. The van der Waals surface area contributed by atoms with Crippen LogP contribution in [0.15, 0.2) is 0 Å². The van der Waals surface area contributed by atoms with Crippen LogP contribution < -0.4 is 5.32 Å².